The number of benzene rings is 2. The first kappa shape index (κ1) is 27.9. The number of alkyl carbamates (subject to hydrolysis) is 1. The Balaban J connectivity index is 1.68. The van der Waals surface area contributed by atoms with Crippen LogP contribution in [0.4, 0.5) is 28.0 Å². The lowest BCUT2D eigenvalue weighted by Crippen LogP contribution is -2.51. The highest BCUT2D eigenvalue weighted by Crippen LogP contribution is 2.34. The molecule has 1 aliphatic rings. The van der Waals surface area contributed by atoms with Gasteiger partial charge in [0, 0.05) is 30.4 Å². The normalized spacial score (nSPS) is 14.8. The average molecular weight is 524 g/mol. The van der Waals surface area contributed by atoms with Crippen LogP contribution in [0.15, 0.2) is 36.4 Å². The third-order valence-electron chi connectivity index (χ3n) is 5.75. The minimum atomic E-state index is -4.24. The summed E-state index contributed by atoms with van der Waals surface area (Å²) in [5.74, 6) is -8.49. The van der Waals surface area contributed by atoms with E-state index in [0.717, 1.165) is 17.0 Å². The largest absolute Gasteiger partial charge is 0.444 e. The first-order valence-corrected chi connectivity index (χ1v) is 11.7. The smallest absolute Gasteiger partial charge is 0.407 e. The summed E-state index contributed by atoms with van der Waals surface area (Å²) in [5.41, 5.74) is -1.74. The van der Waals surface area contributed by atoms with Crippen molar-refractivity contribution in [3.8, 4) is 0 Å². The van der Waals surface area contributed by atoms with Crippen LogP contribution in [0.25, 0.3) is 0 Å². The number of anilines is 1. The molecule has 2 aromatic carbocycles. The van der Waals surface area contributed by atoms with Crippen molar-refractivity contribution < 1.29 is 36.7 Å². The van der Waals surface area contributed by atoms with Crippen molar-refractivity contribution in [3.05, 3.63) is 64.7 Å². The summed E-state index contributed by atoms with van der Waals surface area (Å²) < 4.78 is 63.4. The van der Waals surface area contributed by atoms with Crippen LogP contribution in [0.5, 0.6) is 0 Å². The van der Waals surface area contributed by atoms with E-state index in [0.29, 0.717) is 12.1 Å². The molecule has 3 rings (SSSR count). The third kappa shape index (κ3) is 6.99. The van der Waals surface area contributed by atoms with Crippen LogP contribution in [0.3, 0.4) is 0 Å². The van der Waals surface area contributed by atoms with Gasteiger partial charge >= 0.3 is 12.0 Å². The monoisotopic (exact) mass is 523 g/mol. The number of carbonyl (C=O) groups excluding carboxylic acids is 3. The number of hydrogen-bond acceptors (Lipinski definition) is 4. The van der Waals surface area contributed by atoms with Gasteiger partial charge in [-0.05, 0) is 82.5 Å². The molecule has 1 saturated heterocycles. The Bertz CT molecular complexity index is 1190. The number of halogens is 4. The van der Waals surface area contributed by atoms with Gasteiger partial charge < -0.3 is 20.3 Å². The fourth-order valence-corrected chi connectivity index (χ4v) is 3.85. The molecule has 0 aromatic heterocycles. The molecule has 3 amide bonds. The summed E-state index contributed by atoms with van der Waals surface area (Å²) in [6.07, 6.45) is -0.220. The molecule has 2 aromatic rings. The maximum atomic E-state index is 15.2. The highest BCUT2D eigenvalue weighted by Gasteiger charge is 2.47. The van der Waals surface area contributed by atoms with Crippen LogP contribution < -0.4 is 10.6 Å². The molecule has 0 aliphatic carbocycles. The molecular weight excluding hydrogens is 494 g/mol. The molecule has 0 unspecified atom stereocenters. The van der Waals surface area contributed by atoms with Gasteiger partial charge in [-0.2, -0.15) is 8.78 Å². The lowest BCUT2D eigenvalue weighted by atomic mass is 10.00. The quantitative estimate of drug-likeness (QED) is 0.532. The Kier molecular flexibility index (Phi) is 8.14. The summed E-state index contributed by atoms with van der Waals surface area (Å²) >= 11 is 0. The molecule has 200 valence electrons. The van der Waals surface area contributed by atoms with Gasteiger partial charge in [-0.25, -0.2) is 13.6 Å². The number of nitrogens with zero attached hydrogens (tertiary/aromatic N) is 1. The number of rotatable bonds is 5. The second-order valence-electron chi connectivity index (χ2n) is 9.90. The van der Waals surface area contributed by atoms with E-state index >= 15 is 8.78 Å². The zero-order valence-electron chi connectivity index (χ0n) is 21.0. The number of alkyl halides is 2. The van der Waals surface area contributed by atoms with E-state index < -0.39 is 46.6 Å². The van der Waals surface area contributed by atoms with Crippen LogP contribution in [0.1, 0.15) is 55.1 Å². The van der Waals surface area contributed by atoms with Gasteiger partial charge in [0.25, 0.3) is 11.8 Å². The number of aryl methyl sites for hydroxylation is 1. The van der Waals surface area contributed by atoms with E-state index in [1.165, 1.54) is 19.1 Å². The Morgan fingerprint density at radius 3 is 2.19 bits per heavy atom. The van der Waals surface area contributed by atoms with Crippen molar-refractivity contribution in [1.29, 1.82) is 0 Å². The standard InChI is InChI=1S/C26H29F4N3O4/c1-15-13-18(6-8-20(15)27)31-22(34)16-5-7-21(28)19(14-16)26(29,30)23(35)33-11-9-17(10-12-33)32-24(36)37-25(2,3)4/h5-8,13-14,17H,9-12H2,1-4H3,(H,31,34)(H,32,36). The van der Waals surface area contributed by atoms with E-state index in [1.54, 1.807) is 20.8 Å². The maximum Gasteiger partial charge on any atom is 0.407 e. The highest BCUT2D eigenvalue weighted by molar-refractivity contribution is 6.04. The van der Waals surface area contributed by atoms with Crippen LogP contribution in [-0.2, 0) is 15.5 Å². The third-order valence-corrected chi connectivity index (χ3v) is 5.75. The van der Waals surface area contributed by atoms with E-state index in [2.05, 4.69) is 10.6 Å². The zero-order chi connectivity index (χ0) is 27.5. The molecule has 0 bridgehead atoms. The average Bonchev–Trinajstić information content (AvgIpc) is 2.80. The SMILES string of the molecule is Cc1cc(NC(=O)c2ccc(F)c(C(F)(F)C(=O)N3CCC(NC(=O)OC(C)(C)C)CC3)c2)ccc1F. The van der Waals surface area contributed by atoms with Crippen LogP contribution in [0.2, 0.25) is 0 Å². The molecule has 1 heterocycles. The topological polar surface area (TPSA) is 87.7 Å². The number of hydrogen-bond donors (Lipinski definition) is 2. The fraction of sp³-hybridized carbons (Fsp3) is 0.423. The summed E-state index contributed by atoms with van der Waals surface area (Å²) in [6, 6.07) is 5.76. The van der Waals surface area contributed by atoms with Crippen molar-refractivity contribution in [2.24, 2.45) is 0 Å². The van der Waals surface area contributed by atoms with Crippen LogP contribution >= 0.6 is 0 Å². The number of ether oxygens (including phenoxy) is 1. The second-order valence-corrected chi connectivity index (χ2v) is 9.90. The van der Waals surface area contributed by atoms with Crippen molar-refractivity contribution in [2.45, 2.75) is 58.1 Å². The Labute approximate surface area is 212 Å². The molecule has 0 atom stereocenters. The minimum Gasteiger partial charge on any atom is -0.444 e. The van der Waals surface area contributed by atoms with E-state index in [9.17, 15) is 23.2 Å². The lowest BCUT2D eigenvalue weighted by Gasteiger charge is -2.34. The van der Waals surface area contributed by atoms with Crippen molar-refractivity contribution >= 4 is 23.6 Å². The summed E-state index contributed by atoms with van der Waals surface area (Å²) in [7, 11) is 0. The number of amides is 3. The first-order chi connectivity index (χ1) is 17.2. The highest BCUT2D eigenvalue weighted by atomic mass is 19.3. The van der Waals surface area contributed by atoms with E-state index in [4.69, 9.17) is 4.74 Å². The lowest BCUT2D eigenvalue weighted by molar-refractivity contribution is -0.160. The molecule has 2 N–H and O–H groups in total. The zero-order valence-corrected chi connectivity index (χ0v) is 21.0. The predicted molar refractivity (Wildman–Crippen MR) is 128 cm³/mol. The molecule has 7 nitrogen and oxygen atoms in total. The van der Waals surface area contributed by atoms with Crippen molar-refractivity contribution in [2.75, 3.05) is 18.4 Å². The van der Waals surface area contributed by atoms with Gasteiger partial charge in [0.1, 0.15) is 17.2 Å². The van der Waals surface area contributed by atoms with Gasteiger partial charge in [0.2, 0.25) is 0 Å². The number of piperidine rings is 1. The number of carbonyl (C=O) groups is 3. The van der Waals surface area contributed by atoms with Crippen LogP contribution in [0, 0.1) is 18.6 Å². The molecule has 1 aliphatic heterocycles. The first-order valence-electron chi connectivity index (χ1n) is 11.7. The van der Waals surface area contributed by atoms with Gasteiger partial charge in [0.05, 0.1) is 5.56 Å². The van der Waals surface area contributed by atoms with Gasteiger partial charge in [0.15, 0.2) is 0 Å². The summed E-state index contributed by atoms with van der Waals surface area (Å²) in [4.78, 5) is 38.1. The maximum absolute atomic E-state index is 15.2. The molecule has 11 heteroatoms. The Morgan fingerprint density at radius 2 is 1.59 bits per heavy atom. The Hall–Kier alpha value is -3.63. The second kappa shape index (κ2) is 10.8. The van der Waals surface area contributed by atoms with E-state index in [1.807, 2.05) is 0 Å². The van der Waals surface area contributed by atoms with E-state index in [-0.39, 0.29) is 48.8 Å². The summed E-state index contributed by atoms with van der Waals surface area (Å²) in [6.45, 7) is 6.44. The molecule has 0 radical (unpaired) electrons. The molecule has 0 spiro atoms. The molecule has 37 heavy (non-hydrogen) atoms. The Morgan fingerprint density at radius 1 is 0.973 bits per heavy atom. The molecule has 1 fully saturated rings. The summed E-state index contributed by atoms with van der Waals surface area (Å²) in [5, 5.41) is 5.09. The fourth-order valence-electron chi connectivity index (χ4n) is 3.85. The number of nitrogens with one attached hydrogen (secondary N) is 2. The van der Waals surface area contributed by atoms with Crippen LogP contribution in [-0.4, -0.2) is 47.5 Å². The van der Waals surface area contributed by atoms with Crippen molar-refractivity contribution in [1.82, 2.24) is 10.2 Å². The van der Waals surface area contributed by atoms with Gasteiger partial charge in [-0.3, -0.25) is 9.59 Å². The molecule has 0 saturated carbocycles. The van der Waals surface area contributed by atoms with Gasteiger partial charge in [-0.15, -0.1) is 0 Å². The van der Waals surface area contributed by atoms with Gasteiger partial charge in [-0.1, -0.05) is 0 Å². The van der Waals surface area contributed by atoms with Crippen molar-refractivity contribution in [3.63, 3.8) is 0 Å². The number of likely N-dealkylation sites (tertiary alicyclic amines) is 1. The minimum absolute atomic E-state index is 0.0827. The predicted octanol–water partition coefficient (Wildman–Crippen LogP) is 5.13. The molecular formula is C26H29F4N3O4.